The molecule has 9 nitrogen and oxygen atoms in total. The lowest BCUT2D eigenvalue weighted by molar-refractivity contribution is 0.101. The zero-order valence-corrected chi connectivity index (χ0v) is 18.8. The highest BCUT2D eigenvalue weighted by Crippen LogP contribution is 2.22. The van der Waals surface area contributed by atoms with Crippen molar-refractivity contribution in [2.75, 3.05) is 10.6 Å². The van der Waals surface area contributed by atoms with Crippen molar-refractivity contribution in [1.82, 2.24) is 19.7 Å². The minimum Gasteiger partial charge on any atom is -0.322 e. The van der Waals surface area contributed by atoms with Gasteiger partial charge in [0.2, 0.25) is 0 Å². The molecule has 2 aromatic carbocycles. The van der Waals surface area contributed by atoms with Gasteiger partial charge in [-0.05, 0) is 56.7 Å². The summed E-state index contributed by atoms with van der Waals surface area (Å²) in [6, 6.07) is 11.6. The third-order valence-corrected chi connectivity index (χ3v) is 5.50. The minimum absolute atomic E-state index is 0.279. The zero-order chi connectivity index (χ0) is 23.5. The van der Waals surface area contributed by atoms with E-state index in [1.54, 1.807) is 42.5 Å². The third kappa shape index (κ3) is 4.72. The molecule has 0 radical (unpaired) electrons. The van der Waals surface area contributed by atoms with Crippen LogP contribution >= 0.6 is 0 Å². The van der Waals surface area contributed by atoms with Crippen molar-refractivity contribution in [3.8, 4) is 0 Å². The van der Waals surface area contributed by atoms with Crippen molar-refractivity contribution < 1.29 is 9.59 Å². The number of hydrogen-bond acceptors (Lipinski definition) is 4. The molecule has 0 saturated carbocycles. The molecule has 2 heterocycles. The van der Waals surface area contributed by atoms with Crippen LogP contribution in [0.2, 0.25) is 0 Å². The van der Waals surface area contributed by atoms with E-state index in [0.29, 0.717) is 33.5 Å². The van der Waals surface area contributed by atoms with E-state index in [2.05, 4.69) is 32.6 Å². The second-order valence-corrected chi connectivity index (χ2v) is 7.95. The van der Waals surface area contributed by atoms with Crippen LogP contribution in [-0.2, 0) is 6.54 Å². The maximum atomic E-state index is 12.9. The number of carbonyl (C=O) groups is 2. The highest BCUT2D eigenvalue weighted by atomic mass is 16.2. The fourth-order valence-electron chi connectivity index (χ4n) is 3.70. The predicted octanol–water partition coefficient (Wildman–Crippen LogP) is 3.97. The second-order valence-electron chi connectivity index (χ2n) is 7.95. The zero-order valence-electron chi connectivity index (χ0n) is 18.8. The summed E-state index contributed by atoms with van der Waals surface area (Å²) in [6.45, 7) is 6.75. The normalized spacial score (nSPS) is 11.0. The number of rotatable bonds is 7. The summed E-state index contributed by atoms with van der Waals surface area (Å²) >= 11 is 0. The Kier molecular flexibility index (Phi) is 6.12. The van der Waals surface area contributed by atoms with Crippen LogP contribution in [0.5, 0.6) is 0 Å². The van der Waals surface area contributed by atoms with Gasteiger partial charge in [0.25, 0.3) is 11.8 Å². The van der Waals surface area contributed by atoms with E-state index in [9.17, 15) is 14.4 Å². The van der Waals surface area contributed by atoms with Crippen LogP contribution in [0, 0.1) is 13.8 Å². The molecule has 0 bridgehead atoms. The molecule has 0 aliphatic rings. The molecule has 0 aliphatic carbocycles. The Morgan fingerprint density at radius 3 is 2.48 bits per heavy atom. The van der Waals surface area contributed by atoms with E-state index < -0.39 is 0 Å². The van der Waals surface area contributed by atoms with E-state index in [1.165, 1.54) is 0 Å². The van der Waals surface area contributed by atoms with Crippen molar-refractivity contribution in [3.63, 3.8) is 0 Å². The van der Waals surface area contributed by atoms with Gasteiger partial charge in [0, 0.05) is 23.4 Å². The lowest BCUT2D eigenvalue weighted by Crippen LogP contribution is -2.15. The number of carbonyl (C=O) groups excluding carboxylic acids is 2. The number of nitrogens with one attached hydrogen (secondary N) is 4. The van der Waals surface area contributed by atoms with Crippen molar-refractivity contribution in [1.29, 1.82) is 0 Å². The standard InChI is InChI=1S/C24H26N6O3/c1-4-5-11-30-15(3)21(14(2)29-30)28-23(32)16-7-6-8-18(12-16)25-22(31)17-9-10-19-20(13-17)27-24(33)26-19/h6-10,12-13H,4-5,11H2,1-3H3,(H,25,31)(H,28,32)(H2,26,27,33). The van der Waals surface area contributed by atoms with Crippen LogP contribution in [0.1, 0.15) is 51.9 Å². The second kappa shape index (κ2) is 9.15. The molecule has 0 aliphatic heterocycles. The number of hydrogen-bond donors (Lipinski definition) is 4. The van der Waals surface area contributed by atoms with Crippen LogP contribution in [0.15, 0.2) is 47.3 Å². The first-order valence-corrected chi connectivity index (χ1v) is 10.8. The van der Waals surface area contributed by atoms with Crippen LogP contribution < -0.4 is 16.3 Å². The fourth-order valence-corrected chi connectivity index (χ4v) is 3.70. The van der Waals surface area contributed by atoms with E-state index >= 15 is 0 Å². The summed E-state index contributed by atoms with van der Waals surface area (Å²) in [5.74, 6) is -0.626. The SMILES string of the molecule is CCCCn1nc(C)c(NC(=O)c2cccc(NC(=O)c3ccc4[nH]c(=O)[nH]c4c3)c2)c1C. The smallest absolute Gasteiger partial charge is 0.322 e. The maximum Gasteiger partial charge on any atom is 0.323 e. The number of anilines is 2. The average Bonchev–Trinajstić information content (AvgIpc) is 3.30. The van der Waals surface area contributed by atoms with E-state index in [1.807, 2.05) is 18.5 Å². The first-order valence-electron chi connectivity index (χ1n) is 10.8. The van der Waals surface area contributed by atoms with Gasteiger partial charge < -0.3 is 20.6 Å². The lowest BCUT2D eigenvalue weighted by atomic mass is 10.1. The Morgan fingerprint density at radius 2 is 1.70 bits per heavy atom. The number of aromatic amines is 2. The number of imidazole rings is 1. The Bertz CT molecular complexity index is 1390. The molecule has 0 fully saturated rings. The molecule has 0 unspecified atom stereocenters. The molecule has 2 amide bonds. The predicted molar refractivity (Wildman–Crippen MR) is 128 cm³/mol. The topological polar surface area (TPSA) is 125 Å². The van der Waals surface area contributed by atoms with Gasteiger partial charge in [-0.2, -0.15) is 5.10 Å². The highest BCUT2D eigenvalue weighted by molar-refractivity contribution is 6.08. The van der Waals surface area contributed by atoms with E-state index in [-0.39, 0.29) is 17.5 Å². The molecule has 0 spiro atoms. The summed E-state index contributed by atoms with van der Waals surface area (Å²) in [7, 11) is 0. The molecule has 4 N–H and O–H groups in total. The summed E-state index contributed by atoms with van der Waals surface area (Å²) in [6.07, 6.45) is 2.08. The third-order valence-electron chi connectivity index (χ3n) is 5.50. The number of unbranched alkanes of at least 4 members (excludes halogenated alkanes) is 1. The summed E-state index contributed by atoms with van der Waals surface area (Å²) in [5, 5.41) is 10.3. The molecule has 4 aromatic rings. The van der Waals surface area contributed by atoms with Crippen LogP contribution in [0.25, 0.3) is 11.0 Å². The molecule has 0 atom stereocenters. The van der Waals surface area contributed by atoms with Gasteiger partial charge in [0.05, 0.1) is 28.1 Å². The minimum atomic E-state index is -0.347. The summed E-state index contributed by atoms with van der Waals surface area (Å²) < 4.78 is 1.92. The van der Waals surface area contributed by atoms with E-state index in [0.717, 1.165) is 30.8 Å². The fraction of sp³-hybridized carbons (Fsp3) is 0.250. The molecule has 2 aromatic heterocycles. The summed E-state index contributed by atoms with van der Waals surface area (Å²) in [4.78, 5) is 42.3. The van der Waals surface area contributed by atoms with Crippen LogP contribution in [0.4, 0.5) is 11.4 Å². The van der Waals surface area contributed by atoms with Crippen molar-refractivity contribution in [2.45, 2.75) is 40.2 Å². The average molecular weight is 447 g/mol. The Morgan fingerprint density at radius 1 is 0.970 bits per heavy atom. The number of amides is 2. The van der Waals surface area contributed by atoms with Crippen LogP contribution in [0.3, 0.4) is 0 Å². The van der Waals surface area contributed by atoms with Crippen molar-refractivity contribution in [2.24, 2.45) is 0 Å². The molecule has 4 rings (SSSR count). The molecule has 0 saturated heterocycles. The Balaban J connectivity index is 1.49. The number of fused-ring (bicyclic) bond motifs is 1. The molecular formula is C24H26N6O3. The van der Waals surface area contributed by atoms with Gasteiger partial charge in [0.15, 0.2) is 0 Å². The van der Waals surface area contributed by atoms with Gasteiger partial charge in [-0.3, -0.25) is 14.3 Å². The van der Waals surface area contributed by atoms with Gasteiger partial charge >= 0.3 is 5.69 Å². The quantitative estimate of drug-likeness (QED) is 0.343. The van der Waals surface area contributed by atoms with Crippen LogP contribution in [-0.4, -0.2) is 31.6 Å². The first kappa shape index (κ1) is 22.1. The van der Waals surface area contributed by atoms with Crippen molar-refractivity contribution >= 4 is 34.2 Å². The number of aryl methyl sites for hydroxylation is 2. The Labute approximate surface area is 190 Å². The molecule has 170 valence electrons. The van der Waals surface area contributed by atoms with Crippen molar-refractivity contribution in [3.05, 3.63) is 75.5 Å². The number of benzene rings is 2. The number of aromatic nitrogens is 4. The van der Waals surface area contributed by atoms with E-state index in [4.69, 9.17) is 0 Å². The van der Waals surface area contributed by atoms with Gasteiger partial charge in [-0.1, -0.05) is 19.4 Å². The maximum absolute atomic E-state index is 12.9. The Hall–Kier alpha value is -4.14. The monoisotopic (exact) mass is 446 g/mol. The lowest BCUT2D eigenvalue weighted by Gasteiger charge is -2.09. The van der Waals surface area contributed by atoms with Gasteiger partial charge in [0.1, 0.15) is 0 Å². The highest BCUT2D eigenvalue weighted by Gasteiger charge is 2.16. The molecular weight excluding hydrogens is 420 g/mol. The first-order chi connectivity index (χ1) is 15.9. The number of H-pyrrole nitrogens is 2. The molecule has 9 heteroatoms. The molecule has 33 heavy (non-hydrogen) atoms. The number of nitrogens with zero attached hydrogens (tertiary/aromatic N) is 2. The largest absolute Gasteiger partial charge is 0.323 e. The summed E-state index contributed by atoms with van der Waals surface area (Å²) in [5.41, 5.74) is 4.52. The van der Waals surface area contributed by atoms with Gasteiger partial charge in [-0.25, -0.2) is 4.79 Å². The van der Waals surface area contributed by atoms with Gasteiger partial charge in [-0.15, -0.1) is 0 Å².